The first-order valence-corrected chi connectivity index (χ1v) is 5.07. The highest BCUT2D eigenvalue weighted by atomic mass is 19.4. The average molecular weight is 326 g/mol. The molecule has 0 radical (unpaired) electrons. The van der Waals surface area contributed by atoms with Crippen LogP contribution in [-0.2, 0) is 0 Å². The lowest BCUT2D eigenvalue weighted by Crippen LogP contribution is -2.70. The van der Waals surface area contributed by atoms with Crippen LogP contribution >= 0.6 is 0 Å². The van der Waals surface area contributed by atoms with Crippen molar-refractivity contribution >= 4 is 11.4 Å². The van der Waals surface area contributed by atoms with Gasteiger partial charge in [-0.2, -0.15) is 39.5 Å². The van der Waals surface area contributed by atoms with Gasteiger partial charge in [-0.15, -0.1) is 0 Å². The summed E-state index contributed by atoms with van der Waals surface area (Å²) in [4.78, 5) is 0. The number of para-hydroxylation sites is 2. The van der Waals surface area contributed by atoms with E-state index in [-0.39, 0.29) is 0 Å². The van der Waals surface area contributed by atoms with E-state index in [1.807, 2.05) is 0 Å². The monoisotopic (exact) mass is 326 g/mol. The van der Waals surface area contributed by atoms with E-state index < -0.39 is 35.4 Å². The van der Waals surface area contributed by atoms with Crippen LogP contribution in [0.5, 0.6) is 0 Å². The number of benzene rings is 1. The molecule has 2 nitrogen and oxygen atoms in total. The molecule has 11 heteroatoms. The summed E-state index contributed by atoms with van der Waals surface area (Å²) in [6.45, 7) is 0. The van der Waals surface area contributed by atoms with E-state index in [0.29, 0.717) is 11.4 Å². The third kappa shape index (κ3) is 2.81. The minimum Gasteiger partial charge on any atom is -0.397 e. The second-order valence-electron chi connectivity index (χ2n) is 3.96. The second kappa shape index (κ2) is 4.88. The molecule has 120 valence electrons. The number of halogens is 9. The molecule has 0 aromatic heterocycles. The Morgan fingerprint density at radius 3 is 1.43 bits per heavy atom. The molecule has 0 aliphatic heterocycles. The summed E-state index contributed by atoms with van der Waals surface area (Å²) in [5.41, 5.74) is -2.86. The highest BCUT2D eigenvalue weighted by molar-refractivity contribution is 5.67. The summed E-state index contributed by atoms with van der Waals surface area (Å²) in [6.07, 6.45) is -20.1. The van der Waals surface area contributed by atoms with Gasteiger partial charge in [-0.3, -0.25) is 0 Å². The third-order valence-electron chi connectivity index (χ3n) is 2.56. The number of hydrogen-bond acceptors (Lipinski definition) is 2. The molecule has 1 rings (SSSR count). The van der Waals surface area contributed by atoms with Gasteiger partial charge in [-0.1, -0.05) is 12.1 Å². The molecule has 0 bridgehead atoms. The van der Waals surface area contributed by atoms with E-state index >= 15 is 0 Å². The van der Waals surface area contributed by atoms with Gasteiger partial charge in [-0.05, 0) is 12.1 Å². The van der Waals surface area contributed by atoms with Gasteiger partial charge in [0.2, 0.25) is 0 Å². The van der Waals surface area contributed by atoms with Crippen molar-refractivity contribution in [3.8, 4) is 0 Å². The van der Waals surface area contributed by atoms with Crippen LogP contribution in [0, 0.1) is 0 Å². The van der Waals surface area contributed by atoms with E-state index in [4.69, 9.17) is 5.73 Å². The fourth-order valence-electron chi connectivity index (χ4n) is 1.51. The predicted molar refractivity (Wildman–Crippen MR) is 55.4 cm³/mol. The summed E-state index contributed by atoms with van der Waals surface area (Å²) < 4.78 is 114. The largest absolute Gasteiger partial charge is 0.429 e. The van der Waals surface area contributed by atoms with Gasteiger partial charge in [0, 0.05) is 0 Å². The molecule has 1 aromatic rings. The van der Waals surface area contributed by atoms with E-state index in [1.54, 1.807) is 0 Å². The van der Waals surface area contributed by atoms with Crippen LogP contribution in [-0.4, -0.2) is 24.1 Å². The minimum absolute atomic E-state index is 0.481. The van der Waals surface area contributed by atoms with Gasteiger partial charge in [-0.25, -0.2) is 0 Å². The molecule has 1 aromatic carbocycles. The highest BCUT2D eigenvalue weighted by Crippen LogP contribution is 2.54. The van der Waals surface area contributed by atoms with Crippen molar-refractivity contribution < 1.29 is 39.5 Å². The normalized spacial score (nSPS) is 14.1. The van der Waals surface area contributed by atoms with E-state index in [1.165, 1.54) is 0 Å². The van der Waals surface area contributed by atoms with Crippen molar-refractivity contribution in [1.82, 2.24) is 0 Å². The molecule has 0 saturated carbocycles. The van der Waals surface area contributed by atoms with Gasteiger partial charge >= 0.3 is 24.1 Å². The van der Waals surface area contributed by atoms with Crippen molar-refractivity contribution in [2.24, 2.45) is 0 Å². The Morgan fingerprint density at radius 1 is 0.714 bits per heavy atom. The number of nitrogens with one attached hydrogen (secondary N) is 1. The number of nitrogens with two attached hydrogens (primary N) is 1. The molecular weight excluding hydrogens is 319 g/mol. The number of nitrogen functional groups attached to an aromatic ring is 1. The van der Waals surface area contributed by atoms with Crippen molar-refractivity contribution in [3.63, 3.8) is 0 Å². The Morgan fingerprint density at radius 2 is 1.10 bits per heavy atom. The zero-order valence-corrected chi connectivity index (χ0v) is 9.79. The zero-order chi connectivity index (χ0) is 16.7. The predicted octanol–water partition coefficient (Wildman–Crippen LogP) is 4.11. The van der Waals surface area contributed by atoms with E-state index in [2.05, 4.69) is 0 Å². The standard InChI is InChI=1S/C10H7F9N2/c11-8(12,13)7(9(14,15)16,10(17,18)19)21-6-4-2-1-3-5(6)20/h1-4,21H,20H2. The van der Waals surface area contributed by atoms with E-state index in [0.717, 1.165) is 18.2 Å². The van der Waals surface area contributed by atoms with Crippen LogP contribution in [0.3, 0.4) is 0 Å². The average Bonchev–Trinajstić information content (AvgIpc) is 2.22. The van der Waals surface area contributed by atoms with Crippen LogP contribution in [0.4, 0.5) is 50.9 Å². The number of hydrogen-bond donors (Lipinski definition) is 2. The second-order valence-corrected chi connectivity index (χ2v) is 3.96. The van der Waals surface area contributed by atoms with Gasteiger partial charge < -0.3 is 11.1 Å². The molecule has 0 spiro atoms. The number of rotatable bonds is 2. The topological polar surface area (TPSA) is 38.0 Å². The van der Waals surface area contributed by atoms with Crippen molar-refractivity contribution in [2.75, 3.05) is 11.1 Å². The molecule has 3 N–H and O–H groups in total. The Labute approximate surface area is 111 Å². The quantitative estimate of drug-likeness (QED) is 0.634. The Bertz CT molecular complexity index is 464. The van der Waals surface area contributed by atoms with Crippen molar-refractivity contribution in [1.29, 1.82) is 0 Å². The molecule has 0 unspecified atom stereocenters. The first-order chi connectivity index (χ1) is 9.24. The van der Waals surface area contributed by atoms with Crippen molar-refractivity contribution in [3.05, 3.63) is 24.3 Å². The zero-order valence-electron chi connectivity index (χ0n) is 9.79. The fourth-order valence-corrected chi connectivity index (χ4v) is 1.51. The number of alkyl halides is 9. The lowest BCUT2D eigenvalue weighted by atomic mass is 9.96. The molecule has 0 amide bonds. The molecule has 0 fully saturated rings. The summed E-state index contributed by atoms with van der Waals surface area (Å²) in [5.74, 6) is 0. The highest BCUT2D eigenvalue weighted by Gasteiger charge is 2.84. The van der Waals surface area contributed by atoms with Crippen LogP contribution in [0.1, 0.15) is 0 Å². The molecule has 21 heavy (non-hydrogen) atoms. The summed E-state index contributed by atoms with van der Waals surface area (Å²) >= 11 is 0. The Balaban J connectivity index is 3.56. The smallest absolute Gasteiger partial charge is 0.397 e. The van der Waals surface area contributed by atoms with Gasteiger partial charge in [0.15, 0.2) is 0 Å². The van der Waals surface area contributed by atoms with E-state index in [9.17, 15) is 39.5 Å². The fraction of sp³-hybridized carbons (Fsp3) is 0.400. The molecule has 0 aliphatic rings. The lowest BCUT2D eigenvalue weighted by molar-refractivity contribution is -0.370. The van der Waals surface area contributed by atoms with Crippen molar-refractivity contribution in [2.45, 2.75) is 24.1 Å². The first-order valence-electron chi connectivity index (χ1n) is 5.07. The van der Waals surface area contributed by atoms with Gasteiger partial charge in [0.1, 0.15) is 0 Å². The third-order valence-corrected chi connectivity index (χ3v) is 2.56. The van der Waals surface area contributed by atoms with Crippen LogP contribution < -0.4 is 11.1 Å². The molecule has 0 aliphatic carbocycles. The summed E-state index contributed by atoms with van der Waals surface area (Å²) in [6, 6.07) is 3.51. The molecule has 0 atom stereocenters. The minimum atomic E-state index is -6.69. The lowest BCUT2D eigenvalue weighted by Gasteiger charge is -2.39. The van der Waals surface area contributed by atoms with Gasteiger partial charge in [0.05, 0.1) is 11.4 Å². The summed E-state index contributed by atoms with van der Waals surface area (Å²) in [5, 5.41) is 0.481. The maximum Gasteiger partial charge on any atom is 0.429 e. The first kappa shape index (κ1) is 17.2. The SMILES string of the molecule is Nc1ccccc1NC(C(F)(F)F)(C(F)(F)F)C(F)(F)F. The molecule has 0 heterocycles. The summed E-state index contributed by atoms with van der Waals surface area (Å²) in [7, 11) is 0. The molecular formula is C10H7F9N2. The van der Waals surface area contributed by atoms with Crippen LogP contribution in [0.15, 0.2) is 24.3 Å². The van der Waals surface area contributed by atoms with Crippen LogP contribution in [0.2, 0.25) is 0 Å². The Kier molecular flexibility index (Phi) is 4.01. The maximum absolute atomic E-state index is 12.6. The van der Waals surface area contributed by atoms with Crippen LogP contribution in [0.25, 0.3) is 0 Å². The number of anilines is 2. The Hall–Kier alpha value is -1.81. The molecule has 0 saturated heterocycles. The van der Waals surface area contributed by atoms with Gasteiger partial charge in [0.25, 0.3) is 0 Å². The maximum atomic E-state index is 12.6.